The molecule has 0 saturated carbocycles. The fourth-order valence-corrected chi connectivity index (χ4v) is 1.86. The molecule has 0 saturated heterocycles. The van der Waals surface area contributed by atoms with Crippen molar-refractivity contribution in [2.45, 2.75) is 38.8 Å². The summed E-state index contributed by atoms with van der Waals surface area (Å²) in [6.07, 6.45) is 1.08. The number of methoxy groups -OCH3 is 1. The minimum Gasteiger partial charge on any atom is -0.379 e. The summed E-state index contributed by atoms with van der Waals surface area (Å²) >= 11 is 1.90. The molecule has 3 heteroatoms. The number of nitrogens with two attached hydrogens (primary N) is 1. The van der Waals surface area contributed by atoms with Gasteiger partial charge < -0.3 is 10.5 Å². The van der Waals surface area contributed by atoms with E-state index in [2.05, 4.69) is 13.8 Å². The van der Waals surface area contributed by atoms with E-state index < -0.39 is 0 Å². The molecule has 0 amide bonds. The van der Waals surface area contributed by atoms with E-state index in [0.717, 1.165) is 17.9 Å². The average Bonchev–Trinajstić information content (AvgIpc) is 1.98. The number of rotatable bonds is 6. The van der Waals surface area contributed by atoms with E-state index in [1.165, 1.54) is 0 Å². The lowest BCUT2D eigenvalue weighted by molar-refractivity contribution is 0.0207. The second-order valence-corrected chi connectivity index (χ2v) is 4.92. The summed E-state index contributed by atoms with van der Waals surface area (Å²) in [7, 11) is 1.76. The summed E-state index contributed by atoms with van der Waals surface area (Å²) in [5.41, 5.74) is 5.64. The van der Waals surface area contributed by atoms with E-state index in [1.54, 1.807) is 7.11 Å². The molecule has 12 heavy (non-hydrogen) atoms. The highest BCUT2D eigenvalue weighted by molar-refractivity contribution is 7.99. The van der Waals surface area contributed by atoms with Crippen molar-refractivity contribution in [3.63, 3.8) is 0 Å². The van der Waals surface area contributed by atoms with Gasteiger partial charge in [-0.15, -0.1) is 0 Å². The number of ether oxygens (including phenoxy) is 1. The quantitative estimate of drug-likeness (QED) is 0.651. The van der Waals surface area contributed by atoms with Crippen molar-refractivity contribution in [3.8, 4) is 0 Å². The molecule has 0 aliphatic carbocycles. The van der Waals surface area contributed by atoms with Gasteiger partial charge in [-0.05, 0) is 32.9 Å². The Kier molecular flexibility index (Phi) is 5.97. The summed E-state index contributed by atoms with van der Waals surface area (Å²) in [5.74, 6) is 2.17. The zero-order chi connectivity index (χ0) is 9.61. The van der Waals surface area contributed by atoms with Crippen LogP contribution >= 0.6 is 11.8 Å². The average molecular weight is 191 g/mol. The van der Waals surface area contributed by atoms with Gasteiger partial charge in [-0.2, -0.15) is 11.8 Å². The summed E-state index contributed by atoms with van der Waals surface area (Å²) in [6.45, 7) is 6.26. The van der Waals surface area contributed by atoms with E-state index in [4.69, 9.17) is 10.5 Å². The van der Waals surface area contributed by atoms with Gasteiger partial charge in [-0.1, -0.05) is 0 Å². The Morgan fingerprint density at radius 3 is 2.50 bits per heavy atom. The Labute approximate surface area is 80.2 Å². The maximum Gasteiger partial charge on any atom is 0.0630 e. The number of hydrogen-bond acceptors (Lipinski definition) is 3. The fraction of sp³-hybridized carbons (Fsp3) is 1.00. The van der Waals surface area contributed by atoms with Crippen molar-refractivity contribution in [2.75, 3.05) is 18.6 Å². The molecule has 0 aromatic rings. The molecule has 0 aliphatic rings. The van der Waals surface area contributed by atoms with E-state index >= 15 is 0 Å². The van der Waals surface area contributed by atoms with Crippen LogP contribution in [0.2, 0.25) is 0 Å². The molecule has 0 fully saturated rings. The molecular formula is C9H21NOS. The normalized spacial score (nSPS) is 14.8. The molecule has 0 rings (SSSR count). The van der Waals surface area contributed by atoms with Gasteiger partial charge in [-0.25, -0.2) is 0 Å². The smallest absolute Gasteiger partial charge is 0.0630 e. The minimum atomic E-state index is 0.0187. The molecule has 0 bridgehead atoms. The van der Waals surface area contributed by atoms with Crippen molar-refractivity contribution in [3.05, 3.63) is 0 Å². The van der Waals surface area contributed by atoms with Gasteiger partial charge in [-0.3, -0.25) is 0 Å². The maximum absolute atomic E-state index is 5.62. The van der Waals surface area contributed by atoms with Crippen LogP contribution in [0.5, 0.6) is 0 Å². The van der Waals surface area contributed by atoms with Gasteiger partial charge in [0.2, 0.25) is 0 Å². The van der Waals surface area contributed by atoms with Gasteiger partial charge in [0.15, 0.2) is 0 Å². The predicted molar refractivity (Wildman–Crippen MR) is 56.7 cm³/mol. The van der Waals surface area contributed by atoms with Crippen molar-refractivity contribution in [1.29, 1.82) is 0 Å². The van der Waals surface area contributed by atoms with Crippen molar-refractivity contribution in [2.24, 2.45) is 5.73 Å². The van der Waals surface area contributed by atoms with E-state index in [9.17, 15) is 0 Å². The third kappa shape index (κ3) is 6.95. The van der Waals surface area contributed by atoms with Crippen molar-refractivity contribution in [1.82, 2.24) is 0 Å². The first-order valence-corrected chi connectivity index (χ1v) is 5.52. The van der Waals surface area contributed by atoms with Gasteiger partial charge >= 0.3 is 0 Å². The Hall–Kier alpha value is 0.270. The molecule has 2 nitrogen and oxygen atoms in total. The van der Waals surface area contributed by atoms with Gasteiger partial charge in [0.05, 0.1) is 5.60 Å². The molecule has 0 aliphatic heterocycles. The molecule has 0 aromatic heterocycles. The van der Waals surface area contributed by atoms with Crippen LogP contribution in [-0.2, 0) is 4.74 Å². The van der Waals surface area contributed by atoms with Crippen LogP contribution in [0.4, 0.5) is 0 Å². The summed E-state index contributed by atoms with van der Waals surface area (Å²) in [4.78, 5) is 0. The number of thioether (sulfide) groups is 1. The highest BCUT2D eigenvalue weighted by Crippen LogP contribution is 2.16. The highest BCUT2D eigenvalue weighted by atomic mass is 32.2. The zero-order valence-electron chi connectivity index (χ0n) is 8.59. The lowest BCUT2D eigenvalue weighted by Crippen LogP contribution is -2.24. The summed E-state index contributed by atoms with van der Waals surface area (Å²) < 4.78 is 5.30. The van der Waals surface area contributed by atoms with Crippen LogP contribution in [0.25, 0.3) is 0 Å². The molecular weight excluding hydrogens is 170 g/mol. The summed E-state index contributed by atoms with van der Waals surface area (Å²) in [5, 5.41) is 0. The molecule has 0 aromatic carbocycles. The predicted octanol–water partition coefficient (Wildman–Crippen LogP) is 1.88. The van der Waals surface area contributed by atoms with Gasteiger partial charge in [0, 0.05) is 18.9 Å². The first-order chi connectivity index (χ1) is 5.48. The first-order valence-electron chi connectivity index (χ1n) is 4.36. The van der Waals surface area contributed by atoms with Crippen LogP contribution in [0.1, 0.15) is 27.2 Å². The third-order valence-electron chi connectivity index (χ3n) is 1.78. The Morgan fingerprint density at radius 1 is 1.50 bits per heavy atom. The lowest BCUT2D eigenvalue weighted by atomic mass is 10.1. The largest absolute Gasteiger partial charge is 0.379 e. The van der Waals surface area contributed by atoms with Crippen LogP contribution in [0.15, 0.2) is 0 Å². The minimum absolute atomic E-state index is 0.0187. The highest BCUT2D eigenvalue weighted by Gasteiger charge is 2.15. The van der Waals surface area contributed by atoms with Crippen LogP contribution in [0, 0.1) is 0 Å². The topological polar surface area (TPSA) is 35.2 Å². The molecule has 0 spiro atoms. The molecule has 1 atom stereocenters. The van der Waals surface area contributed by atoms with Gasteiger partial charge in [0.1, 0.15) is 0 Å². The van der Waals surface area contributed by atoms with Crippen LogP contribution in [-0.4, -0.2) is 30.3 Å². The number of hydrogen-bond donors (Lipinski definition) is 1. The zero-order valence-corrected chi connectivity index (χ0v) is 9.41. The Morgan fingerprint density at radius 2 is 2.08 bits per heavy atom. The Balaban J connectivity index is 3.31. The molecule has 2 N–H and O–H groups in total. The molecule has 0 radical (unpaired) electrons. The maximum atomic E-state index is 5.62. The monoisotopic (exact) mass is 191 g/mol. The van der Waals surface area contributed by atoms with Crippen molar-refractivity contribution < 1.29 is 4.74 Å². The van der Waals surface area contributed by atoms with Crippen LogP contribution in [0.3, 0.4) is 0 Å². The summed E-state index contributed by atoms with van der Waals surface area (Å²) in [6, 6.07) is 0.306. The molecule has 1 unspecified atom stereocenters. The second kappa shape index (κ2) is 5.84. The molecule has 74 valence electrons. The SMILES string of the molecule is COC(C)(C)CCSCC(C)N. The van der Waals surface area contributed by atoms with E-state index in [1.807, 2.05) is 18.7 Å². The first kappa shape index (κ1) is 12.3. The van der Waals surface area contributed by atoms with Crippen molar-refractivity contribution >= 4 is 11.8 Å². The fourth-order valence-electron chi connectivity index (χ4n) is 0.689. The van der Waals surface area contributed by atoms with Gasteiger partial charge in [0.25, 0.3) is 0 Å². The van der Waals surface area contributed by atoms with E-state index in [-0.39, 0.29) is 5.60 Å². The third-order valence-corrected chi connectivity index (χ3v) is 3.04. The van der Waals surface area contributed by atoms with E-state index in [0.29, 0.717) is 6.04 Å². The molecule has 0 heterocycles. The lowest BCUT2D eigenvalue weighted by Gasteiger charge is -2.22. The van der Waals surface area contributed by atoms with Crippen LogP contribution < -0.4 is 5.73 Å². The standard InChI is InChI=1S/C9H21NOS/c1-8(10)7-12-6-5-9(2,3)11-4/h8H,5-7,10H2,1-4H3. The Bertz CT molecular complexity index is 115. The second-order valence-electron chi connectivity index (χ2n) is 3.77.